The molecule has 0 amide bonds. The molecule has 0 saturated heterocycles. The zero-order valence-electron chi connectivity index (χ0n) is 14.4. The lowest BCUT2D eigenvalue weighted by atomic mass is 10.1. The molecule has 0 radical (unpaired) electrons. The van der Waals surface area contributed by atoms with E-state index in [1.54, 1.807) is 42.7 Å². The molecule has 2 aromatic carbocycles. The Hall–Kier alpha value is -2.84. The van der Waals surface area contributed by atoms with E-state index in [-0.39, 0.29) is 15.4 Å². The van der Waals surface area contributed by atoms with Crippen LogP contribution in [0.3, 0.4) is 0 Å². The Balaban J connectivity index is 2.04. The number of hydrogen-bond donors (Lipinski definition) is 1. The average molecular weight is 396 g/mol. The molecule has 136 valence electrons. The normalized spacial score (nSPS) is 11.7. The number of nitrogens with zero attached hydrogens (tertiary/aromatic N) is 3. The van der Waals surface area contributed by atoms with Gasteiger partial charge in [-0.25, -0.2) is 13.4 Å². The summed E-state index contributed by atoms with van der Waals surface area (Å²) in [4.78, 5) is 4.86. The van der Waals surface area contributed by atoms with Gasteiger partial charge in [0.05, 0.1) is 10.6 Å². The molecule has 0 saturated carbocycles. The fourth-order valence-corrected chi connectivity index (χ4v) is 5.26. The number of fused-ring (bicyclic) bond motifs is 1. The summed E-state index contributed by atoms with van der Waals surface area (Å²) in [5.74, 6) is 0.323. The van der Waals surface area contributed by atoms with Gasteiger partial charge in [-0.3, -0.25) is 0 Å². The van der Waals surface area contributed by atoms with Gasteiger partial charge >= 0.3 is 0 Å². The van der Waals surface area contributed by atoms with Gasteiger partial charge in [-0.05, 0) is 18.4 Å². The van der Waals surface area contributed by atoms with Crippen molar-refractivity contribution in [2.24, 2.45) is 0 Å². The molecule has 8 heteroatoms. The van der Waals surface area contributed by atoms with Crippen molar-refractivity contribution in [3.05, 3.63) is 66.7 Å². The van der Waals surface area contributed by atoms with Crippen LogP contribution in [0.25, 0.3) is 16.9 Å². The summed E-state index contributed by atoms with van der Waals surface area (Å²) in [6.45, 7) is 0. The number of hydrogen-bond acceptors (Lipinski definition) is 6. The lowest BCUT2D eigenvalue weighted by molar-refractivity contribution is 0.594. The van der Waals surface area contributed by atoms with E-state index in [9.17, 15) is 8.42 Å². The lowest BCUT2D eigenvalue weighted by Crippen LogP contribution is -2.05. The molecule has 0 bridgehead atoms. The minimum atomic E-state index is -3.80. The van der Waals surface area contributed by atoms with Crippen molar-refractivity contribution in [1.29, 1.82) is 0 Å². The van der Waals surface area contributed by atoms with Crippen LogP contribution in [-0.4, -0.2) is 29.3 Å². The van der Waals surface area contributed by atoms with Gasteiger partial charge in [0.1, 0.15) is 10.8 Å². The van der Waals surface area contributed by atoms with Crippen molar-refractivity contribution in [1.82, 2.24) is 14.6 Å². The number of anilines is 1. The minimum absolute atomic E-state index is 0.0747. The first-order chi connectivity index (χ1) is 13.0. The molecule has 0 fully saturated rings. The molecule has 27 heavy (non-hydrogen) atoms. The molecule has 0 spiro atoms. The van der Waals surface area contributed by atoms with Crippen LogP contribution in [0.2, 0.25) is 0 Å². The third-order valence-corrected chi connectivity index (χ3v) is 6.74. The molecule has 0 aliphatic rings. The van der Waals surface area contributed by atoms with Gasteiger partial charge in [-0.1, -0.05) is 48.5 Å². The quantitative estimate of drug-likeness (QED) is 0.531. The highest BCUT2D eigenvalue weighted by Gasteiger charge is 2.29. The van der Waals surface area contributed by atoms with Gasteiger partial charge in [-0.15, -0.1) is 11.8 Å². The second kappa shape index (κ2) is 6.71. The Bertz CT molecular complexity index is 1220. The van der Waals surface area contributed by atoms with Gasteiger partial charge in [0.25, 0.3) is 0 Å². The highest BCUT2D eigenvalue weighted by atomic mass is 32.2. The second-order valence-corrected chi connectivity index (χ2v) is 8.50. The number of nitrogens with two attached hydrogens (primary N) is 1. The van der Waals surface area contributed by atoms with Crippen LogP contribution in [0.15, 0.2) is 81.5 Å². The molecular formula is C19H16N4O2S2. The summed E-state index contributed by atoms with van der Waals surface area (Å²) < 4.78 is 28.0. The molecule has 2 aromatic heterocycles. The number of thioether (sulfide) groups is 1. The first-order valence-electron chi connectivity index (χ1n) is 8.11. The van der Waals surface area contributed by atoms with Crippen LogP contribution in [0.1, 0.15) is 0 Å². The van der Waals surface area contributed by atoms with Crippen molar-refractivity contribution >= 4 is 33.1 Å². The van der Waals surface area contributed by atoms with Gasteiger partial charge in [-0.2, -0.15) is 9.61 Å². The van der Waals surface area contributed by atoms with Crippen LogP contribution in [0, 0.1) is 0 Å². The van der Waals surface area contributed by atoms with E-state index in [0.717, 1.165) is 5.56 Å². The van der Waals surface area contributed by atoms with Gasteiger partial charge < -0.3 is 5.73 Å². The van der Waals surface area contributed by atoms with Crippen molar-refractivity contribution < 1.29 is 8.42 Å². The summed E-state index contributed by atoms with van der Waals surface area (Å²) in [6.07, 6.45) is 1.78. The van der Waals surface area contributed by atoms with Crippen molar-refractivity contribution in [2.75, 3.05) is 12.0 Å². The smallest absolute Gasteiger partial charge is 0.213 e. The summed E-state index contributed by atoms with van der Waals surface area (Å²) in [5.41, 5.74) is 7.84. The first-order valence-corrected chi connectivity index (χ1v) is 10.8. The number of nitrogen functional groups attached to an aromatic ring is 1. The number of rotatable bonds is 4. The largest absolute Gasteiger partial charge is 0.384 e. The van der Waals surface area contributed by atoms with Crippen molar-refractivity contribution in [2.45, 2.75) is 14.8 Å². The van der Waals surface area contributed by atoms with E-state index in [1.807, 2.05) is 30.3 Å². The summed E-state index contributed by atoms with van der Waals surface area (Å²) in [5, 5.41) is 4.73. The van der Waals surface area contributed by atoms with Crippen LogP contribution in [0.4, 0.5) is 5.82 Å². The molecule has 2 N–H and O–H groups in total. The summed E-state index contributed by atoms with van der Waals surface area (Å²) in [7, 11) is -3.80. The molecule has 0 unspecified atom stereocenters. The SMILES string of the molecule is CSc1nn2c(N)cc(-c3ccccc3)nc2c1S(=O)(=O)c1ccccc1. The highest BCUT2D eigenvalue weighted by molar-refractivity contribution is 7.99. The fourth-order valence-electron chi connectivity index (χ4n) is 2.84. The van der Waals surface area contributed by atoms with E-state index < -0.39 is 9.84 Å². The summed E-state index contributed by atoms with van der Waals surface area (Å²) >= 11 is 1.25. The maximum atomic E-state index is 13.3. The molecule has 0 aliphatic heterocycles. The van der Waals surface area contributed by atoms with Crippen LogP contribution in [-0.2, 0) is 9.84 Å². The predicted molar refractivity (Wildman–Crippen MR) is 107 cm³/mol. The lowest BCUT2D eigenvalue weighted by Gasteiger charge is -2.07. The molecule has 2 heterocycles. The van der Waals surface area contributed by atoms with Gasteiger partial charge in [0.2, 0.25) is 9.84 Å². The molecule has 0 aliphatic carbocycles. The first kappa shape index (κ1) is 17.6. The average Bonchev–Trinajstić information content (AvgIpc) is 3.09. The number of benzene rings is 2. The predicted octanol–water partition coefficient (Wildman–Crippen LogP) is 3.53. The molecule has 4 aromatic rings. The standard InChI is InChI=1S/C19H16N4O2S2/c1-26-19-17(27(24,25)14-10-6-3-7-11-14)18-21-15(12-16(20)23(18)22-19)13-8-4-2-5-9-13/h2-12H,20H2,1H3. The van der Waals surface area contributed by atoms with Crippen molar-refractivity contribution in [3.8, 4) is 11.3 Å². The van der Waals surface area contributed by atoms with Crippen LogP contribution < -0.4 is 5.73 Å². The maximum Gasteiger partial charge on any atom is 0.213 e. The molecular weight excluding hydrogens is 380 g/mol. The monoisotopic (exact) mass is 396 g/mol. The van der Waals surface area contributed by atoms with Gasteiger partial charge in [0.15, 0.2) is 10.5 Å². The third kappa shape index (κ3) is 2.96. The third-order valence-electron chi connectivity index (χ3n) is 4.13. The van der Waals surface area contributed by atoms with Crippen LogP contribution in [0.5, 0.6) is 0 Å². The van der Waals surface area contributed by atoms with E-state index in [4.69, 9.17) is 5.73 Å². The molecule has 0 atom stereocenters. The van der Waals surface area contributed by atoms with E-state index >= 15 is 0 Å². The highest BCUT2D eigenvalue weighted by Crippen LogP contribution is 2.34. The Morgan fingerprint density at radius 2 is 1.63 bits per heavy atom. The number of aromatic nitrogens is 3. The van der Waals surface area contributed by atoms with E-state index in [0.29, 0.717) is 16.5 Å². The Labute approximate surface area is 161 Å². The van der Waals surface area contributed by atoms with E-state index in [2.05, 4.69) is 10.1 Å². The molecule has 4 rings (SSSR count). The minimum Gasteiger partial charge on any atom is -0.384 e. The van der Waals surface area contributed by atoms with Crippen molar-refractivity contribution in [3.63, 3.8) is 0 Å². The fraction of sp³-hybridized carbons (Fsp3) is 0.0526. The maximum absolute atomic E-state index is 13.3. The Morgan fingerprint density at radius 3 is 2.26 bits per heavy atom. The van der Waals surface area contributed by atoms with E-state index in [1.165, 1.54) is 16.3 Å². The molecule has 6 nitrogen and oxygen atoms in total. The number of sulfone groups is 1. The second-order valence-electron chi connectivity index (χ2n) is 5.82. The topological polar surface area (TPSA) is 90.3 Å². The Morgan fingerprint density at radius 1 is 1.00 bits per heavy atom. The zero-order chi connectivity index (χ0) is 19.0. The summed E-state index contributed by atoms with van der Waals surface area (Å²) in [6, 6.07) is 19.5. The van der Waals surface area contributed by atoms with Crippen LogP contribution >= 0.6 is 11.8 Å². The van der Waals surface area contributed by atoms with Gasteiger partial charge in [0, 0.05) is 11.6 Å². The Kier molecular flexibility index (Phi) is 4.37. The zero-order valence-corrected chi connectivity index (χ0v) is 16.0.